The maximum Gasteiger partial charge on any atom is 0.338 e. The van der Waals surface area contributed by atoms with Gasteiger partial charge < -0.3 is 14.4 Å². The third-order valence-electron chi connectivity index (χ3n) is 4.66. The molecule has 10 heteroatoms. The van der Waals surface area contributed by atoms with E-state index in [0.717, 1.165) is 4.31 Å². The molecule has 0 atom stereocenters. The summed E-state index contributed by atoms with van der Waals surface area (Å²) in [6.07, 6.45) is 1.03. The van der Waals surface area contributed by atoms with Crippen LogP contribution in [0.5, 0.6) is 0 Å². The van der Waals surface area contributed by atoms with Gasteiger partial charge in [0.15, 0.2) is 6.61 Å². The monoisotopic (exact) mass is 426 g/mol. The molecule has 1 aliphatic rings. The molecule has 2 rings (SSSR count). The predicted octanol–water partition coefficient (Wildman–Crippen LogP) is 0.895. The van der Waals surface area contributed by atoms with Gasteiger partial charge in [-0.15, -0.1) is 0 Å². The molecule has 0 unspecified atom stereocenters. The lowest BCUT2D eigenvalue weighted by Crippen LogP contribution is -2.42. The normalized spacial score (nSPS) is 15.2. The third-order valence-corrected chi connectivity index (χ3v) is 6.49. The highest BCUT2D eigenvalue weighted by atomic mass is 32.2. The molecule has 1 heterocycles. The fourth-order valence-electron chi connectivity index (χ4n) is 2.90. The van der Waals surface area contributed by atoms with Crippen molar-refractivity contribution in [3.8, 4) is 0 Å². The summed E-state index contributed by atoms with van der Waals surface area (Å²) >= 11 is 0. The Labute approximate surface area is 170 Å². The standard InChI is InChI=1S/C19H26N2O7S/c1-4-27-18(23)15-9-11-21(12-10-15)17(22)13-28-19(24)14-5-7-16(8-6-14)29(25,26)20(2)3/h5-8,15H,4,9-13H2,1-3H3. The van der Waals surface area contributed by atoms with E-state index in [0.29, 0.717) is 32.5 Å². The quantitative estimate of drug-likeness (QED) is 0.596. The van der Waals surface area contributed by atoms with Gasteiger partial charge in [-0.3, -0.25) is 9.59 Å². The number of benzene rings is 1. The molecule has 0 saturated carbocycles. The predicted molar refractivity (Wildman–Crippen MR) is 104 cm³/mol. The first kappa shape index (κ1) is 22.8. The number of rotatable bonds is 7. The highest BCUT2D eigenvalue weighted by molar-refractivity contribution is 7.89. The van der Waals surface area contributed by atoms with Gasteiger partial charge in [-0.2, -0.15) is 0 Å². The SMILES string of the molecule is CCOC(=O)C1CCN(C(=O)COC(=O)c2ccc(S(=O)(=O)N(C)C)cc2)CC1. The Balaban J connectivity index is 1.85. The molecule has 160 valence electrons. The molecular formula is C19H26N2O7S. The largest absolute Gasteiger partial charge is 0.466 e. The highest BCUT2D eigenvalue weighted by Crippen LogP contribution is 2.19. The molecule has 0 aromatic heterocycles. The first-order valence-electron chi connectivity index (χ1n) is 9.31. The molecule has 1 aromatic rings. The van der Waals surface area contributed by atoms with Crippen molar-refractivity contribution < 1.29 is 32.3 Å². The van der Waals surface area contributed by atoms with Crippen molar-refractivity contribution in [2.75, 3.05) is 40.4 Å². The second-order valence-electron chi connectivity index (χ2n) is 6.80. The van der Waals surface area contributed by atoms with Crippen LogP contribution in [-0.4, -0.2) is 75.9 Å². The Morgan fingerprint density at radius 3 is 2.17 bits per heavy atom. The fraction of sp³-hybridized carbons (Fsp3) is 0.526. The van der Waals surface area contributed by atoms with E-state index in [9.17, 15) is 22.8 Å². The Bertz CT molecular complexity index is 842. The zero-order valence-electron chi connectivity index (χ0n) is 16.8. The molecule has 29 heavy (non-hydrogen) atoms. The molecule has 1 fully saturated rings. The average Bonchev–Trinajstić information content (AvgIpc) is 2.72. The summed E-state index contributed by atoms with van der Waals surface area (Å²) in [4.78, 5) is 37.7. The van der Waals surface area contributed by atoms with Crippen LogP contribution in [0.3, 0.4) is 0 Å². The van der Waals surface area contributed by atoms with Gasteiger partial charge in [-0.1, -0.05) is 0 Å². The van der Waals surface area contributed by atoms with Crippen molar-refractivity contribution in [3.63, 3.8) is 0 Å². The van der Waals surface area contributed by atoms with Crippen LogP contribution >= 0.6 is 0 Å². The first-order chi connectivity index (χ1) is 13.7. The molecule has 9 nitrogen and oxygen atoms in total. The van der Waals surface area contributed by atoms with E-state index < -0.39 is 22.6 Å². The van der Waals surface area contributed by atoms with E-state index in [2.05, 4.69) is 0 Å². The molecule has 1 aliphatic heterocycles. The molecule has 0 N–H and O–H groups in total. The number of amides is 1. The topological polar surface area (TPSA) is 110 Å². The summed E-state index contributed by atoms with van der Waals surface area (Å²) in [5.74, 6) is -1.51. The van der Waals surface area contributed by atoms with Gasteiger partial charge in [-0.25, -0.2) is 17.5 Å². The highest BCUT2D eigenvalue weighted by Gasteiger charge is 2.28. The first-order valence-corrected chi connectivity index (χ1v) is 10.7. The number of hydrogen-bond acceptors (Lipinski definition) is 7. The van der Waals surface area contributed by atoms with Gasteiger partial charge in [0.25, 0.3) is 5.91 Å². The van der Waals surface area contributed by atoms with Crippen molar-refractivity contribution in [2.24, 2.45) is 5.92 Å². The van der Waals surface area contributed by atoms with Crippen LogP contribution in [0.2, 0.25) is 0 Å². The van der Waals surface area contributed by atoms with Gasteiger partial charge in [0.05, 0.1) is 23.0 Å². The van der Waals surface area contributed by atoms with Crippen LogP contribution in [0.15, 0.2) is 29.2 Å². The lowest BCUT2D eigenvalue weighted by atomic mass is 9.97. The van der Waals surface area contributed by atoms with Gasteiger partial charge in [0.1, 0.15) is 0 Å². The van der Waals surface area contributed by atoms with E-state index in [1.54, 1.807) is 11.8 Å². The smallest absolute Gasteiger partial charge is 0.338 e. The molecular weight excluding hydrogens is 400 g/mol. The van der Waals surface area contributed by atoms with E-state index in [4.69, 9.17) is 9.47 Å². The minimum absolute atomic E-state index is 0.0552. The van der Waals surface area contributed by atoms with Crippen LogP contribution in [0.4, 0.5) is 0 Å². The number of carbonyl (C=O) groups excluding carboxylic acids is 3. The number of sulfonamides is 1. The van der Waals surface area contributed by atoms with E-state index in [1.165, 1.54) is 38.4 Å². The molecule has 0 aliphatic carbocycles. The number of nitrogens with zero attached hydrogens (tertiary/aromatic N) is 2. The second kappa shape index (κ2) is 9.84. The minimum Gasteiger partial charge on any atom is -0.466 e. The minimum atomic E-state index is -3.59. The number of carbonyl (C=O) groups is 3. The average molecular weight is 426 g/mol. The molecule has 0 spiro atoms. The number of hydrogen-bond donors (Lipinski definition) is 0. The lowest BCUT2D eigenvalue weighted by Gasteiger charge is -2.30. The number of likely N-dealkylation sites (tertiary alicyclic amines) is 1. The molecule has 1 amide bonds. The number of piperidine rings is 1. The van der Waals surface area contributed by atoms with Gasteiger partial charge in [-0.05, 0) is 44.0 Å². The Morgan fingerprint density at radius 1 is 1.07 bits per heavy atom. The summed E-state index contributed by atoms with van der Waals surface area (Å²) in [6.45, 7) is 2.46. The second-order valence-corrected chi connectivity index (χ2v) is 8.95. The van der Waals surface area contributed by atoms with Crippen LogP contribution < -0.4 is 0 Å². The summed E-state index contributed by atoms with van der Waals surface area (Å²) < 4.78 is 35.2. The molecule has 1 aromatic carbocycles. The zero-order valence-corrected chi connectivity index (χ0v) is 17.6. The summed E-state index contributed by atoms with van der Waals surface area (Å²) in [5, 5.41) is 0. The van der Waals surface area contributed by atoms with Crippen LogP contribution in [0, 0.1) is 5.92 Å². The third kappa shape index (κ3) is 5.77. The number of ether oxygens (including phenoxy) is 2. The fourth-order valence-corrected chi connectivity index (χ4v) is 3.80. The lowest BCUT2D eigenvalue weighted by molar-refractivity contribution is -0.151. The van der Waals surface area contributed by atoms with Crippen molar-refractivity contribution in [1.82, 2.24) is 9.21 Å². The summed E-state index contributed by atoms with van der Waals surface area (Å²) in [5.41, 5.74) is 0.150. The molecule has 1 saturated heterocycles. The van der Waals surface area contributed by atoms with Crippen molar-refractivity contribution in [1.29, 1.82) is 0 Å². The molecule has 0 bridgehead atoms. The van der Waals surface area contributed by atoms with Gasteiger partial charge in [0.2, 0.25) is 10.0 Å². The van der Waals surface area contributed by atoms with E-state index >= 15 is 0 Å². The van der Waals surface area contributed by atoms with Crippen LogP contribution in [0.25, 0.3) is 0 Å². The van der Waals surface area contributed by atoms with Crippen molar-refractivity contribution in [2.45, 2.75) is 24.7 Å². The van der Waals surface area contributed by atoms with E-state index in [1.807, 2.05) is 0 Å². The Morgan fingerprint density at radius 2 is 1.66 bits per heavy atom. The summed E-state index contributed by atoms with van der Waals surface area (Å²) in [7, 11) is -0.756. The Hall–Kier alpha value is -2.46. The maximum absolute atomic E-state index is 12.2. The Kier molecular flexibility index (Phi) is 7.74. The van der Waals surface area contributed by atoms with Crippen LogP contribution in [-0.2, 0) is 29.1 Å². The van der Waals surface area contributed by atoms with E-state index in [-0.39, 0.29) is 28.3 Å². The zero-order chi connectivity index (χ0) is 21.6. The number of esters is 2. The summed E-state index contributed by atoms with van der Waals surface area (Å²) in [6, 6.07) is 5.31. The van der Waals surface area contributed by atoms with Crippen molar-refractivity contribution >= 4 is 27.9 Å². The van der Waals surface area contributed by atoms with Gasteiger partial charge in [0, 0.05) is 27.2 Å². The van der Waals surface area contributed by atoms with Crippen LogP contribution in [0.1, 0.15) is 30.1 Å². The van der Waals surface area contributed by atoms with Crippen molar-refractivity contribution in [3.05, 3.63) is 29.8 Å². The maximum atomic E-state index is 12.2. The molecule has 0 radical (unpaired) electrons. The van der Waals surface area contributed by atoms with Gasteiger partial charge >= 0.3 is 11.9 Å².